The molecule has 0 aliphatic carbocycles. The van der Waals surface area contributed by atoms with Crippen LogP contribution in [0.3, 0.4) is 0 Å². The first-order chi connectivity index (χ1) is 13.0. The lowest BCUT2D eigenvalue weighted by Gasteiger charge is -2.35. The van der Waals surface area contributed by atoms with Crippen LogP contribution in [0.2, 0.25) is 5.02 Å². The molecule has 0 saturated carbocycles. The van der Waals surface area contributed by atoms with Crippen molar-refractivity contribution in [3.05, 3.63) is 35.1 Å². The van der Waals surface area contributed by atoms with Crippen molar-refractivity contribution in [1.29, 1.82) is 0 Å². The first-order valence-electron chi connectivity index (χ1n) is 9.02. The molecule has 3 rings (SSSR count). The Morgan fingerprint density at radius 1 is 1.30 bits per heavy atom. The topological polar surface area (TPSA) is 74.3 Å². The van der Waals surface area contributed by atoms with Crippen LogP contribution in [0, 0.1) is 0 Å². The highest BCUT2D eigenvalue weighted by molar-refractivity contribution is 8.00. The molecule has 1 N–H and O–H groups in total. The molecule has 1 aliphatic heterocycles. The van der Waals surface area contributed by atoms with E-state index in [1.54, 1.807) is 24.3 Å². The van der Waals surface area contributed by atoms with E-state index in [0.29, 0.717) is 21.8 Å². The third-order valence-corrected chi connectivity index (χ3v) is 5.66. The summed E-state index contributed by atoms with van der Waals surface area (Å²) in [5, 5.41) is 8.04. The third kappa shape index (κ3) is 5.60. The number of carbonyl (C=O) groups is 1. The summed E-state index contributed by atoms with van der Waals surface area (Å²) >= 11 is 7.22. The predicted molar refractivity (Wildman–Crippen MR) is 106 cm³/mol. The number of hydrogen-bond donors (Lipinski definition) is 1. The molecular weight excluding hydrogens is 386 g/mol. The van der Waals surface area contributed by atoms with Gasteiger partial charge in [0.2, 0.25) is 11.1 Å². The van der Waals surface area contributed by atoms with Gasteiger partial charge in [0.25, 0.3) is 0 Å². The molecule has 1 amide bonds. The van der Waals surface area contributed by atoms with Gasteiger partial charge in [-0.1, -0.05) is 30.3 Å². The smallest absolute Gasteiger partial charge is 0.235 e. The highest BCUT2D eigenvalue weighted by Crippen LogP contribution is 2.22. The minimum atomic E-state index is -0.223. The monoisotopic (exact) mass is 409 g/mol. The van der Waals surface area contributed by atoms with E-state index < -0.39 is 0 Å². The molecule has 2 aromatic rings. The van der Waals surface area contributed by atoms with Crippen LogP contribution in [0.25, 0.3) is 0 Å². The Morgan fingerprint density at radius 3 is 2.67 bits per heavy atom. The second-order valence-corrected chi connectivity index (χ2v) is 8.07. The number of aromatic nitrogens is 3. The number of nitrogens with one attached hydrogen (secondary N) is 1. The number of thioether (sulfide) groups is 1. The summed E-state index contributed by atoms with van der Waals surface area (Å²) in [4.78, 5) is 21.3. The molecular formula is C18H24ClN5O2S. The second-order valence-electron chi connectivity index (χ2n) is 6.33. The Bertz CT molecular complexity index is 746. The molecule has 1 saturated heterocycles. The summed E-state index contributed by atoms with van der Waals surface area (Å²) in [7, 11) is 0. The van der Waals surface area contributed by atoms with Crippen molar-refractivity contribution in [1.82, 2.24) is 25.0 Å². The third-order valence-electron chi connectivity index (χ3n) is 4.46. The van der Waals surface area contributed by atoms with Gasteiger partial charge in [0, 0.05) is 31.2 Å². The maximum atomic E-state index is 12.6. The molecule has 1 atom stereocenters. The van der Waals surface area contributed by atoms with Gasteiger partial charge in [-0.2, -0.15) is 0 Å². The van der Waals surface area contributed by atoms with Gasteiger partial charge in [-0.05, 0) is 37.7 Å². The molecule has 146 valence electrons. The van der Waals surface area contributed by atoms with Crippen LogP contribution >= 0.6 is 23.4 Å². The summed E-state index contributed by atoms with van der Waals surface area (Å²) < 4.78 is 5.65. The number of halogens is 1. The van der Waals surface area contributed by atoms with E-state index in [1.165, 1.54) is 11.8 Å². The van der Waals surface area contributed by atoms with Crippen molar-refractivity contribution in [2.24, 2.45) is 0 Å². The van der Waals surface area contributed by atoms with Gasteiger partial charge in [-0.3, -0.25) is 9.89 Å². The molecule has 7 nitrogen and oxygen atoms in total. The van der Waals surface area contributed by atoms with Crippen molar-refractivity contribution in [3.8, 4) is 5.75 Å². The van der Waals surface area contributed by atoms with Gasteiger partial charge >= 0.3 is 0 Å². The SMILES string of the molecule is CCN1CCN(C(=O)C(C)Sc2n[nH]c(COc3ccc(Cl)cc3)n2)CC1. The predicted octanol–water partition coefficient (Wildman–Crippen LogP) is 2.68. The van der Waals surface area contributed by atoms with Crippen LogP contribution in [0.5, 0.6) is 5.75 Å². The second kappa shape index (κ2) is 9.43. The molecule has 1 aromatic carbocycles. The molecule has 9 heteroatoms. The molecule has 1 aromatic heterocycles. The minimum Gasteiger partial charge on any atom is -0.486 e. The van der Waals surface area contributed by atoms with Crippen molar-refractivity contribution in [2.75, 3.05) is 32.7 Å². The number of benzene rings is 1. The standard InChI is InChI=1S/C18H24ClN5O2S/c1-3-23-8-10-24(11-9-23)17(25)13(2)27-18-20-16(21-22-18)12-26-15-6-4-14(19)5-7-15/h4-7,13H,3,8-12H2,1-2H3,(H,20,21,22). The van der Waals surface area contributed by atoms with E-state index in [0.717, 1.165) is 32.7 Å². The fraction of sp³-hybridized carbons (Fsp3) is 0.500. The molecule has 27 heavy (non-hydrogen) atoms. The first kappa shape index (κ1) is 20.0. The van der Waals surface area contributed by atoms with Crippen molar-refractivity contribution in [2.45, 2.75) is 30.9 Å². The zero-order valence-electron chi connectivity index (χ0n) is 15.5. The fourth-order valence-electron chi connectivity index (χ4n) is 2.83. The number of nitrogens with zero attached hydrogens (tertiary/aromatic N) is 4. The molecule has 1 unspecified atom stereocenters. The zero-order valence-corrected chi connectivity index (χ0v) is 17.1. The number of H-pyrrole nitrogens is 1. The van der Waals surface area contributed by atoms with Gasteiger partial charge in [0.05, 0.1) is 5.25 Å². The lowest BCUT2D eigenvalue weighted by Crippen LogP contribution is -2.50. The Morgan fingerprint density at radius 2 is 2.00 bits per heavy atom. The summed E-state index contributed by atoms with van der Waals surface area (Å²) in [6, 6.07) is 7.14. The maximum absolute atomic E-state index is 12.6. The fourth-order valence-corrected chi connectivity index (χ4v) is 3.78. The number of amides is 1. The van der Waals surface area contributed by atoms with Crippen LogP contribution < -0.4 is 4.74 Å². The van der Waals surface area contributed by atoms with Crippen LogP contribution in [-0.4, -0.2) is 68.9 Å². The van der Waals surface area contributed by atoms with E-state index in [2.05, 4.69) is 27.0 Å². The van der Waals surface area contributed by atoms with E-state index in [1.807, 2.05) is 11.8 Å². The number of rotatable bonds is 7. The van der Waals surface area contributed by atoms with Crippen LogP contribution in [0.15, 0.2) is 29.4 Å². The lowest BCUT2D eigenvalue weighted by molar-refractivity contribution is -0.132. The van der Waals surface area contributed by atoms with Crippen molar-refractivity contribution >= 4 is 29.3 Å². The van der Waals surface area contributed by atoms with E-state index in [9.17, 15) is 4.79 Å². The molecule has 1 fully saturated rings. The normalized spacial score (nSPS) is 16.3. The largest absolute Gasteiger partial charge is 0.486 e. The van der Waals surface area contributed by atoms with E-state index in [-0.39, 0.29) is 17.8 Å². The molecule has 0 spiro atoms. The van der Waals surface area contributed by atoms with Crippen molar-refractivity contribution < 1.29 is 9.53 Å². The molecule has 2 heterocycles. The highest BCUT2D eigenvalue weighted by Gasteiger charge is 2.26. The Hall–Kier alpha value is -1.77. The zero-order chi connectivity index (χ0) is 19.2. The summed E-state index contributed by atoms with van der Waals surface area (Å²) in [5.41, 5.74) is 0. The number of carbonyl (C=O) groups excluding carboxylic acids is 1. The van der Waals surface area contributed by atoms with Gasteiger partial charge < -0.3 is 14.5 Å². The summed E-state index contributed by atoms with van der Waals surface area (Å²) in [6.07, 6.45) is 0. The number of aromatic amines is 1. The van der Waals surface area contributed by atoms with Crippen LogP contribution in [-0.2, 0) is 11.4 Å². The highest BCUT2D eigenvalue weighted by atomic mass is 35.5. The van der Waals surface area contributed by atoms with E-state index >= 15 is 0 Å². The molecule has 0 radical (unpaired) electrons. The van der Waals surface area contributed by atoms with Gasteiger partial charge in [0.1, 0.15) is 12.4 Å². The number of hydrogen-bond acceptors (Lipinski definition) is 6. The maximum Gasteiger partial charge on any atom is 0.235 e. The number of piperazine rings is 1. The van der Waals surface area contributed by atoms with Crippen LogP contribution in [0.1, 0.15) is 19.7 Å². The first-order valence-corrected chi connectivity index (χ1v) is 10.3. The average Bonchev–Trinajstić information content (AvgIpc) is 3.14. The Labute approximate surface area is 168 Å². The summed E-state index contributed by atoms with van der Waals surface area (Å²) in [6.45, 7) is 8.80. The lowest BCUT2D eigenvalue weighted by atomic mass is 10.3. The van der Waals surface area contributed by atoms with Gasteiger partial charge in [-0.25, -0.2) is 4.98 Å². The molecule has 0 bridgehead atoms. The van der Waals surface area contributed by atoms with Crippen LogP contribution in [0.4, 0.5) is 0 Å². The molecule has 1 aliphatic rings. The van der Waals surface area contributed by atoms with Crippen molar-refractivity contribution in [3.63, 3.8) is 0 Å². The minimum absolute atomic E-state index is 0.138. The summed E-state index contributed by atoms with van der Waals surface area (Å²) in [5.74, 6) is 1.46. The quantitative estimate of drug-likeness (QED) is 0.708. The Balaban J connectivity index is 1.48. The van der Waals surface area contributed by atoms with E-state index in [4.69, 9.17) is 16.3 Å². The number of likely N-dealkylation sites (N-methyl/N-ethyl adjacent to an activating group) is 1. The number of ether oxygens (including phenoxy) is 1. The Kier molecular flexibility index (Phi) is 6.98. The average molecular weight is 410 g/mol. The van der Waals surface area contributed by atoms with Gasteiger partial charge in [-0.15, -0.1) is 5.10 Å². The van der Waals surface area contributed by atoms with Gasteiger partial charge in [0.15, 0.2) is 5.82 Å².